The van der Waals surface area contributed by atoms with Gasteiger partial charge in [0.05, 0.1) is 6.61 Å². The summed E-state index contributed by atoms with van der Waals surface area (Å²) in [7, 11) is 0. The molecule has 3 aromatic rings. The minimum absolute atomic E-state index is 0.0122. The van der Waals surface area contributed by atoms with E-state index < -0.39 is 0 Å². The van der Waals surface area contributed by atoms with Crippen molar-refractivity contribution >= 4 is 27.6 Å². The molecule has 2 N–H and O–H groups in total. The maximum Gasteiger partial charge on any atom is 0.230 e. The molecule has 110 valence electrons. The van der Waals surface area contributed by atoms with E-state index in [9.17, 15) is 0 Å². The summed E-state index contributed by atoms with van der Waals surface area (Å²) in [4.78, 5) is 16.8. The van der Waals surface area contributed by atoms with Gasteiger partial charge in [0.2, 0.25) is 5.95 Å². The van der Waals surface area contributed by atoms with Crippen molar-refractivity contribution in [3.8, 4) is 11.4 Å². The fourth-order valence-corrected chi connectivity index (χ4v) is 2.27. The first-order valence-corrected chi connectivity index (χ1v) is 7.31. The Kier molecular flexibility index (Phi) is 4.36. The highest BCUT2D eigenvalue weighted by Crippen LogP contribution is 2.20. The molecule has 2 aromatic heterocycles. The van der Waals surface area contributed by atoms with Crippen LogP contribution in [0.1, 0.15) is 5.56 Å². The number of anilines is 2. The minimum Gasteiger partial charge on any atom is -0.392 e. The predicted molar refractivity (Wildman–Crippen MR) is 86.4 cm³/mol. The first-order valence-electron chi connectivity index (χ1n) is 6.51. The topological polar surface area (TPSA) is 83.8 Å². The lowest BCUT2D eigenvalue weighted by Gasteiger charge is -2.07. The molecule has 0 radical (unpaired) electrons. The van der Waals surface area contributed by atoms with E-state index in [0.29, 0.717) is 11.8 Å². The summed E-state index contributed by atoms with van der Waals surface area (Å²) >= 11 is 3.37. The van der Waals surface area contributed by atoms with Gasteiger partial charge in [0.25, 0.3) is 0 Å². The third-order valence-corrected chi connectivity index (χ3v) is 3.33. The standard InChI is InChI=1S/C15H12BrN5O/c16-12-5-11(6-17-7-12)14-18-9-19-15(21-14)20-13-3-1-2-10(4-13)8-22/h1-7,9,22H,8H2,(H,18,19,20,21). The molecule has 0 fully saturated rings. The number of benzene rings is 1. The van der Waals surface area contributed by atoms with Crippen molar-refractivity contribution in [2.75, 3.05) is 5.32 Å². The van der Waals surface area contributed by atoms with Gasteiger partial charge in [-0.1, -0.05) is 12.1 Å². The smallest absolute Gasteiger partial charge is 0.230 e. The summed E-state index contributed by atoms with van der Waals surface area (Å²) in [5.74, 6) is 0.963. The van der Waals surface area contributed by atoms with Crippen molar-refractivity contribution < 1.29 is 5.11 Å². The quantitative estimate of drug-likeness (QED) is 0.746. The Bertz CT molecular complexity index is 796. The molecule has 0 unspecified atom stereocenters. The van der Waals surface area contributed by atoms with Crippen LogP contribution in [-0.2, 0) is 6.61 Å². The molecule has 0 saturated heterocycles. The molecule has 0 aliphatic carbocycles. The second-order valence-electron chi connectivity index (χ2n) is 4.51. The molecule has 0 aliphatic rings. The van der Waals surface area contributed by atoms with Crippen LogP contribution < -0.4 is 5.32 Å². The largest absolute Gasteiger partial charge is 0.392 e. The number of hydrogen-bond acceptors (Lipinski definition) is 6. The van der Waals surface area contributed by atoms with Crippen LogP contribution in [0.3, 0.4) is 0 Å². The predicted octanol–water partition coefficient (Wildman–Crippen LogP) is 2.93. The van der Waals surface area contributed by atoms with Crippen molar-refractivity contribution in [3.05, 3.63) is 59.1 Å². The van der Waals surface area contributed by atoms with E-state index in [0.717, 1.165) is 21.3 Å². The molecule has 0 saturated carbocycles. The summed E-state index contributed by atoms with van der Waals surface area (Å²) in [6, 6.07) is 9.30. The lowest BCUT2D eigenvalue weighted by atomic mass is 10.2. The number of aromatic nitrogens is 4. The maximum atomic E-state index is 9.17. The van der Waals surface area contributed by atoms with Crippen molar-refractivity contribution in [1.82, 2.24) is 19.9 Å². The fraction of sp³-hybridized carbons (Fsp3) is 0.0667. The normalized spacial score (nSPS) is 10.5. The van der Waals surface area contributed by atoms with Crippen molar-refractivity contribution in [1.29, 1.82) is 0 Å². The molecular formula is C15H12BrN5O. The van der Waals surface area contributed by atoms with Crippen LogP contribution in [-0.4, -0.2) is 25.0 Å². The number of nitrogens with one attached hydrogen (secondary N) is 1. The Morgan fingerprint density at radius 1 is 1.14 bits per heavy atom. The molecule has 22 heavy (non-hydrogen) atoms. The van der Waals surface area contributed by atoms with E-state index in [-0.39, 0.29) is 6.61 Å². The van der Waals surface area contributed by atoms with Crippen molar-refractivity contribution in [2.45, 2.75) is 6.61 Å². The van der Waals surface area contributed by atoms with Gasteiger partial charge >= 0.3 is 0 Å². The molecule has 3 rings (SSSR count). The van der Waals surface area contributed by atoms with Gasteiger partial charge < -0.3 is 10.4 Å². The SMILES string of the molecule is OCc1cccc(Nc2ncnc(-c3cncc(Br)c3)n2)c1. The Morgan fingerprint density at radius 2 is 2.05 bits per heavy atom. The van der Waals surface area contributed by atoms with Gasteiger partial charge in [-0.2, -0.15) is 4.98 Å². The molecule has 0 spiro atoms. The molecule has 2 heterocycles. The Labute approximate surface area is 135 Å². The minimum atomic E-state index is -0.0122. The molecule has 6 nitrogen and oxygen atoms in total. The molecule has 0 aliphatic heterocycles. The van der Waals surface area contributed by atoms with Gasteiger partial charge in [-0.3, -0.25) is 4.98 Å². The summed E-state index contributed by atoms with van der Waals surface area (Å²) in [6.45, 7) is -0.0122. The summed E-state index contributed by atoms with van der Waals surface area (Å²) < 4.78 is 0.857. The van der Waals surface area contributed by atoms with Crippen LogP contribution in [0.25, 0.3) is 11.4 Å². The highest BCUT2D eigenvalue weighted by molar-refractivity contribution is 9.10. The number of pyridine rings is 1. The second kappa shape index (κ2) is 6.59. The highest BCUT2D eigenvalue weighted by Gasteiger charge is 2.05. The fourth-order valence-electron chi connectivity index (χ4n) is 1.91. The van der Waals surface area contributed by atoms with Crippen LogP contribution in [0.15, 0.2) is 53.5 Å². The molecule has 0 amide bonds. The van der Waals surface area contributed by atoms with Crippen molar-refractivity contribution in [2.24, 2.45) is 0 Å². The van der Waals surface area contributed by atoms with Crippen LogP contribution >= 0.6 is 15.9 Å². The Hall–Kier alpha value is -2.38. The number of aliphatic hydroxyl groups excluding tert-OH is 1. The number of nitrogens with zero attached hydrogens (tertiary/aromatic N) is 4. The molecule has 7 heteroatoms. The van der Waals surface area contributed by atoms with Gasteiger partial charge in [0.1, 0.15) is 6.33 Å². The van der Waals surface area contributed by atoms with E-state index in [1.807, 2.05) is 30.3 Å². The van der Waals surface area contributed by atoms with Crippen LogP contribution in [0.2, 0.25) is 0 Å². The maximum absolute atomic E-state index is 9.17. The average Bonchev–Trinajstić information content (AvgIpc) is 2.55. The van der Waals surface area contributed by atoms with E-state index in [1.54, 1.807) is 12.4 Å². The third-order valence-electron chi connectivity index (χ3n) is 2.90. The van der Waals surface area contributed by atoms with Gasteiger partial charge in [-0.25, -0.2) is 9.97 Å². The summed E-state index contributed by atoms with van der Waals surface area (Å²) in [5, 5.41) is 12.3. The summed E-state index contributed by atoms with van der Waals surface area (Å²) in [6.07, 6.45) is 4.84. The third kappa shape index (κ3) is 3.44. The van der Waals surface area contributed by atoms with Gasteiger partial charge in [-0.15, -0.1) is 0 Å². The van der Waals surface area contributed by atoms with Crippen LogP contribution in [0.4, 0.5) is 11.6 Å². The van der Waals surface area contributed by atoms with E-state index in [2.05, 4.69) is 41.2 Å². The zero-order valence-corrected chi connectivity index (χ0v) is 13.0. The lowest BCUT2D eigenvalue weighted by molar-refractivity contribution is 0.282. The first kappa shape index (κ1) is 14.6. The number of hydrogen-bond donors (Lipinski definition) is 2. The number of rotatable bonds is 4. The monoisotopic (exact) mass is 357 g/mol. The number of aliphatic hydroxyl groups is 1. The Morgan fingerprint density at radius 3 is 2.86 bits per heavy atom. The molecular weight excluding hydrogens is 346 g/mol. The summed E-state index contributed by atoms with van der Waals surface area (Å²) in [5.41, 5.74) is 2.41. The molecule has 0 bridgehead atoms. The van der Waals surface area contributed by atoms with Crippen LogP contribution in [0, 0.1) is 0 Å². The van der Waals surface area contributed by atoms with Gasteiger partial charge in [-0.05, 0) is 39.7 Å². The molecule has 0 atom stereocenters. The Balaban J connectivity index is 1.88. The van der Waals surface area contributed by atoms with Gasteiger partial charge in [0.15, 0.2) is 5.82 Å². The zero-order chi connectivity index (χ0) is 15.4. The van der Waals surface area contributed by atoms with E-state index in [1.165, 1.54) is 6.33 Å². The van der Waals surface area contributed by atoms with Gasteiger partial charge in [0, 0.05) is 28.1 Å². The zero-order valence-electron chi connectivity index (χ0n) is 11.4. The lowest BCUT2D eigenvalue weighted by Crippen LogP contribution is -2.00. The first-order chi connectivity index (χ1) is 10.7. The van der Waals surface area contributed by atoms with E-state index in [4.69, 9.17) is 5.11 Å². The highest BCUT2D eigenvalue weighted by atomic mass is 79.9. The molecule has 1 aromatic carbocycles. The van der Waals surface area contributed by atoms with Crippen molar-refractivity contribution in [3.63, 3.8) is 0 Å². The number of halogens is 1. The van der Waals surface area contributed by atoms with E-state index >= 15 is 0 Å². The average molecular weight is 358 g/mol. The second-order valence-corrected chi connectivity index (χ2v) is 5.42. The van der Waals surface area contributed by atoms with Crippen LogP contribution in [0.5, 0.6) is 0 Å².